The fourth-order valence-electron chi connectivity index (χ4n) is 2.81. The smallest absolute Gasteiger partial charge is 0.135 e. The van der Waals surface area contributed by atoms with Crippen LogP contribution in [0.3, 0.4) is 0 Å². The second kappa shape index (κ2) is 4.82. The molecule has 0 N–H and O–H groups in total. The summed E-state index contributed by atoms with van der Waals surface area (Å²) in [5, 5.41) is 1.23. The molecular weight excluding hydrogens is 244 g/mol. The molecule has 0 fully saturated rings. The van der Waals surface area contributed by atoms with Crippen molar-refractivity contribution >= 4 is 11.0 Å². The van der Waals surface area contributed by atoms with E-state index in [2.05, 4.69) is 64.1 Å². The molecule has 0 amide bonds. The van der Waals surface area contributed by atoms with Gasteiger partial charge in [0, 0.05) is 10.9 Å². The van der Waals surface area contributed by atoms with Gasteiger partial charge < -0.3 is 4.42 Å². The van der Waals surface area contributed by atoms with Crippen LogP contribution in [0.2, 0.25) is 0 Å². The Labute approximate surface area is 120 Å². The molecule has 0 saturated heterocycles. The fraction of sp³-hybridized carbons (Fsp3) is 0.263. The van der Waals surface area contributed by atoms with E-state index in [0.717, 1.165) is 5.58 Å². The first-order valence-electron chi connectivity index (χ1n) is 7.15. The number of hydrogen-bond donors (Lipinski definition) is 0. The van der Waals surface area contributed by atoms with Gasteiger partial charge in [0.2, 0.25) is 0 Å². The lowest BCUT2D eigenvalue weighted by atomic mass is 9.97. The predicted octanol–water partition coefficient (Wildman–Crippen LogP) is 5.84. The SMILES string of the molecule is Cc1cc(C)c2c(-c3ccc(C(C)C)cc3)coc2c1. The Hall–Kier alpha value is -2.02. The molecule has 0 radical (unpaired) electrons. The lowest BCUT2D eigenvalue weighted by Gasteiger charge is -2.07. The summed E-state index contributed by atoms with van der Waals surface area (Å²) in [6.45, 7) is 8.69. The van der Waals surface area contributed by atoms with Crippen molar-refractivity contribution in [3.63, 3.8) is 0 Å². The second-order valence-electron chi connectivity index (χ2n) is 5.88. The lowest BCUT2D eigenvalue weighted by molar-refractivity contribution is 0.616. The third-order valence-electron chi connectivity index (χ3n) is 3.91. The highest BCUT2D eigenvalue weighted by Crippen LogP contribution is 2.34. The number of furan rings is 1. The molecule has 1 aromatic heterocycles. The van der Waals surface area contributed by atoms with E-state index in [0.29, 0.717) is 5.92 Å². The number of benzene rings is 2. The fourth-order valence-corrected chi connectivity index (χ4v) is 2.81. The zero-order valence-electron chi connectivity index (χ0n) is 12.5. The second-order valence-corrected chi connectivity index (χ2v) is 5.88. The number of rotatable bonds is 2. The van der Waals surface area contributed by atoms with Crippen LogP contribution in [0.25, 0.3) is 22.1 Å². The largest absolute Gasteiger partial charge is 0.464 e. The Morgan fingerprint density at radius 3 is 2.30 bits per heavy atom. The maximum atomic E-state index is 5.74. The van der Waals surface area contributed by atoms with Gasteiger partial charge in [-0.3, -0.25) is 0 Å². The van der Waals surface area contributed by atoms with E-state index in [4.69, 9.17) is 4.42 Å². The third-order valence-corrected chi connectivity index (χ3v) is 3.91. The highest BCUT2D eigenvalue weighted by atomic mass is 16.3. The molecule has 0 aliphatic rings. The molecule has 3 aromatic rings. The van der Waals surface area contributed by atoms with Gasteiger partial charge >= 0.3 is 0 Å². The van der Waals surface area contributed by atoms with Crippen LogP contribution in [-0.4, -0.2) is 0 Å². The van der Waals surface area contributed by atoms with Crippen molar-refractivity contribution in [3.05, 3.63) is 59.4 Å². The third kappa shape index (κ3) is 2.14. The molecular formula is C19H20O. The van der Waals surface area contributed by atoms with Crippen molar-refractivity contribution in [2.75, 3.05) is 0 Å². The van der Waals surface area contributed by atoms with Crippen molar-refractivity contribution in [2.24, 2.45) is 0 Å². The molecule has 0 bridgehead atoms. The minimum atomic E-state index is 0.564. The standard InChI is InChI=1S/C19H20O/c1-12(2)15-5-7-16(8-6-15)17-11-20-18-10-13(3)9-14(4)19(17)18/h5-12H,1-4H3. The molecule has 102 valence electrons. The molecule has 0 atom stereocenters. The Balaban J connectivity index is 2.15. The molecule has 0 saturated carbocycles. The van der Waals surface area contributed by atoms with Gasteiger partial charge in [0.1, 0.15) is 5.58 Å². The maximum absolute atomic E-state index is 5.74. The van der Waals surface area contributed by atoms with E-state index in [1.807, 2.05) is 6.26 Å². The van der Waals surface area contributed by atoms with Crippen LogP contribution < -0.4 is 0 Å². The number of hydrogen-bond acceptors (Lipinski definition) is 1. The average molecular weight is 264 g/mol. The summed E-state index contributed by atoms with van der Waals surface area (Å²) in [7, 11) is 0. The predicted molar refractivity (Wildman–Crippen MR) is 85.2 cm³/mol. The van der Waals surface area contributed by atoms with Crippen LogP contribution in [0.15, 0.2) is 47.1 Å². The Kier molecular flexibility index (Phi) is 3.13. The van der Waals surface area contributed by atoms with Crippen LogP contribution >= 0.6 is 0 Å². The zero-order valence-corrected chi connectivity index (χ0v) is 12.5. The molecule has 0 aliphatic heterocycles. The van der Waals surface area contributed by atoms with Crippen molar-refractivity contribution in [2.45, 2.75) is 33.6 Å². The quantitative estimate of drug-likeness (QED) is 0.566. The van der Waals surface area contributed by atoms with E-state index in [-0.39, 0.29) is 0 Å². The average Bonchev–Trinajstić information content (AvgIpc) is 2.82. The minimum Gasteiger partial charge on any atom is -0.464 e. The molecule has 0 spiro atoms. The van der Waals surface area contributed by atoms with Crippen molar-refractivity contribution < 1.29 is 4.42 Å². The topological polar surface area (TPSA) is 13.1 Å². The van der Waals surface area contributed by atoms with Crippen molar-refractivity contribution in [3.8, 4) is 11.1 Å². The lowest BCUT2D eigenvalue weighted by Crippen LogP contribution is -1.87. The van der Waals surface area contributed by atoms with E-state index in [9.17, 15) is 0 Å². The van der Waals surface area contributed by atoms with Gasteiger partial charge in [0.25, 0.3) is 0 Å². The van der Waals surface area contributed by atoms with Crippen molar-refractivity contribution in [1.82, 2.24) is 0 Å². The molecule has 1 nitrogen and oxygen atoms in total. The molecule has 2 aromatic carbocycles. The number of aryl methyl sites for hydroxylation is 2. The molecule has 0 aliphatic carbocycles. The minimum absolute atomic E-state index is 0.564. The monoisotopic (exact) mass is 264 g/mol. The van der Waals surface area contributed by atoms with Gasteiger partial charge in [-0.25, -0.2) is 0 Å². The normalized spacial score (nSPS) is 11.4. The van der Waals surface area contributed by atoms with Gasteiger partial charge in [0.15, 0.2) is 0 Å². The summed E-state index contributed by atoms with van der Waals surface area (Å²) in [6.07, 6.45) is 1.88. The van der Waals surface area contributed by atoms with Gasteiger partial charge in [-0.15, -0.1) is 0 Å². The Morgan fingerprint density at radius 1 is 0.950 bits per heavy atom. The Morgan fingerprint density at radius 2 is 1.65 bits per heavy atom. The molecule has 0 unspecified atom stereocenters. The van der Waals surface area contributed by atoms with Gasteiger partial charge in [-0.1, -0.05) is 44.2 Å². The first-order chi connectivity index (χ1) is 9.56. The van der Waals surface area contributed by atoms with Crippen LogP contribution in [0.5, 0.6) is 0 Å². The highest BCUT2D eigenvalue weighted by Gasteiger charge is 2.11. The summed E-state index contributed by atoms with van der Waals surface area (Å²) in [6, 6.07) is 13.1. The van der Waals surface area contributed by atoms with Crippen molar-refractivity contribution in [1.29, 1.82) is 0 Å². The molecule has 1 heterocycles. The summed E-state index contributed by atoms with van der Waals surface area (Å²) in [4.78, 5) is 0. The zero-order chi connectivity index (χ0) is 14.3. The first-order valence-corrected chi connectivity index (χ1v) is 7.15. The number of fused-ring (bicyclic) bond motifs is 1. The maximum Gasteiger partial charge on any atom is 0.135 e. The summed E-state index contributed by atoms with van der Waals surface area (Å²) in [5.41, 5.74) is 7.27. The molecule has 20 heavy (non-hydrogen) atoms. The van der Waals surface area contributed by atoms with E-state index in [1.165, 1.54) is 33.2 Å². The highest BCUT2D eigenvalue weighted by molar-refractivity contribution is 5.96. The molecule has 1 heteroatoms. The van der Waals surface area contributed by atoms with E-state index in [1.54, 1.807) is 0 Å². The summed E-state index contributed by atoms with van der Waals surface area (Å²) < 4.78 is 5.74. The van der Waals surface area contributed by atoms with Gasteiger partial charge in [-0.05, 0) is 48.1 Å². The Bertz CT molecular complexity index is 745. The van der Waals surface area contributed by atoms with E-state index < -0.39 is 0 Å². The summed E-state index contributed by atoms with van der Waals surface area (Å²) in [5.74, 6) is 0.564. The summed E-state index contributed by atoms with van der Waals surface area (Å²) >= 11 is 0. The van der Waals surface area contributed by atoms with Gasteiger partial charge in [0.05, 0.1) is 6.26 Å². The van der Waals surface area contributed by atoms with Crippen LogP contribution in [0.4, 0.5) is 0 Å². The van der Waals surface area contributed by atoms with Gasteiger partial charge in [-0.2, -0.15) is 0 Å². The van der Waals surface area contributed by atoms with Crippen LogP contribution in [-0.2, 0) is 0 Å². The van der Waals surface area contributed by atoms with Crippen LogP contribution in [0, 0.1) is 13.8 Å². The molecule has 3 rings (SSSR count). The first kappa shape index (κ1) is 13.0. The van der Waals surface area contributed by atoms with E-state index >= 15 is 0 Å². The van der Waals surface area contributed by atoms with Crippen LogP contribution in [0.1, 0.15) is 36.5 Å².